The minimum Gasteiger partial charge on any atom is -0.248 e. The van der Waals surface area contributed by atoms with Crippen LogP contribution in [0.2, 0.25) is 0 Å². The zero-order valence-electron chi connectivity index (χ0n) is 12.2. The second kappa shape index (κ2) is 5.83. The maximum Gasteiger partial charge on any atom is 0.0712 e. The summed E-state index contributed by atoms with van der Waals surface area (Å²) in [6.07, 6.45) is 5.37. The van der Waals surface area contributed by atoms with E-state index in [0.29, 0.717) is 0 Å². The highest BCUT2D eigenvalue weighted by Gasteiger charge is 2.02. The summed E-state index contributed by atoms with van der Waals surface area (Å²) >= 11 is 0. The zero-order chi connectivity index (χ0) is 13.8. The van der Waals surface area contributed by atoms with Crippen molar-refractivity contribution in [2.75, 3.05) is 0 Å². The van der Waals surface area contributed by atoms with E-state index in [1.54, 1.807) is 0 Å². The molecule has 0 aliphatic carbocycles. The molecule has 1 heterocycles. The molecule has 0 amide bonds. The fraction of sp³-hybridized carbons (Fsp3) is 0.278. The van der Waals surface area contributed by atoms with E-state index in [4.69, 9.17) is 4.98 Å². The highest BCUT2D eigenvalue weighted by atomic mass is 14.7. The van der Waals surface area contributed by atoms with E-state index in [1.807, 2.05) is 6.92 Å². The Morgan fingerprint density at radius 2 is 1.79 bits per heavy atom. The van der Waals surface area contributed by atoms with Crippen molar-refractivity contribution in [1.82, 2.24) is 4.98 Å². The first-order valence-corrected chi connectivity index (χ1v) is 6.87. The van der Waals surface area contributed by atoms with E-state index < -0.39 is 0 Å². The van der Waals surface area contributed by atoms with Crippen LogP contribution in [0.25, 0.3) is 23.4 Å². The van der Waals surface area contributed by atoms with Crippen LogP contribution < -0.4 is 10.6 Å². The van der Waals surface area contributed by atoms with Crippen LogP contribution in [0.3, 0.4) is 0 Å². The average molecular weight is 251 g/mol. The van der Waals surface area contributed by atoms with E-state index in [9.17, 15) is 0 Å². The molecule has 0 saturated heterocycles. The molecule has 19 heavy (non-hydrogen) atoms. The van der Waals surface area contributed by atoms with Gasteiger partial charge in [-0.3, -0.25) is 0 Å². The van der Waals surface area contributed by atoms with Gasteiger partial charge in [-0.25, -0.2) is 4.98 Å². The predicted molar refractivity (Wildman–Crippen MR) is 83.3 cm³/mol. The third-order valence-corrected chi connectivity index (χ3v) is 3.32. The maximum atomic E-state index is 4.78. The summed E-state index contributed by atoms with van der Waals surface area (Å²) in [5.41, 5.74) is 4.80. The van der Waals surface area contributed by atoms with E-state index in [-0.39, 0.29) is 0 Å². The lowest BCUT2D eigenvalue weighted by molar-refractivity contribution is 1.16. The highest BCUT2D eigenvalue weighted by Crippen LogP contribution is 2.16. The van der Waals surface area contributed by atoms with Crippen LogP contribution in [0, 0.1) is 13.8 Å². The monoisotopic (exact) mass is 251 g/mol. The fourth-order valence-corrected chi connectivity index (χ4v) is 2.27. The van der Waals surface area contributed by atoms with Crippen molar-refractivity contribution < 1.29 is 0 Å². The largest absolute Gasteiger partial charge is 0.248 e. The Morgan fingerprint density at radius 3 is 2.37 bits per heavy atom. The summed E-state index contributed by atoms with van der Waals surface area (Å²) in [6, 6.07) is 10.7. The summed E-state index contributed by atoms with van der Waals surface area (Å²) in [6.45, 7) is 8.47. The van der Waals surface area contributed by atoms with Crippen molar-refractivity contribution in [3.05, 3.63) is 52.0 Å². The van der Waals surface area contributed by atoms with Gasteiger partial charge in [0.25, 0.3) is 0 Å². The van der Waals surface area contributed by atoms with E-state index in [1.165, 1.54) is 21.9 Å². The SMILES string of the molecule is C/C=c1/nc(-c2ccc(C)cc2)cc(C)/c1=C/CC. The van der Waals surface area contributed by atoms with Crippen molar-refractivity contribution in [2.24, 2.45) is 0 Å². The topological polar surface area (TPSA) is 12.9 Å². The first kappa shape index (κ1) is 13.5. The Bertz CT molecular complexity index is 679. The molecule has 0 N–H and O–H groups in total. The molecule has 0 radical (unpaired) electrons. The number of aromatic nitrogens is 1. The van der Waals surface area contributed by atoms with Gasteiger partial charge >= 0.3 is 0 Å². The van der Waals surface area contributed by atoms with Gasteiger partial charge in [0.2, 0.25) is 0 Å². The smallest absolute Gasteiger partial charge is 0.0712 e. The first-order chi connectivity index (χ1) is 9.15. The standard InChI is InChI=1S/C18H21N/c1-5-7-16-14(4)12-18(19-17(16)6-2)15-10-8-13(3)9-11-15/h6-12H,5H2,1-4H3/b16-7-,17-6+. The average Bonchev–Trinajstić information content (AvgIpc) is 2.42. The molecule has 0 aliphatic rings. The molecule has 0 unspecified atom stereocenters. The van der Waals surface area contributed by atoms with Gasteiger partial charge in [0.1, 0.15) is 0 Å². The van der Waals surface area contributed by atoms with Crippen molar-refractivity contribution in [2.45, 2.75) is 34.1 Å². The van der Waals surface area contributed by atoms with Crippen LogP contribution in [0.15, 0.2) is 30.3 Å². The van der Waals surface area contributed by atoms with Gasteiger partial charge in [0, 0.05) is 5.56 Å². The molecule has 98 valence electrons. The van der Waals surface area contributed by atoms with Gasteiger partial charge < -0.3 is 0 Å². The number of aryl methyl sites for hydroxylation is 2. The molecule has 2 aromatic rings. The van der Waals surface area contributed by atoms with Crippen LogP contribution >= 0.6 is 0 Å². The molecule has 1 aromatic heterocycles. The van der Waals surface area contributed by atoms with Crippen LogP contribution in [0.1, 0.15) is 31.4 Å². The zero-order valence-corrected chi connectivity index (χ0v) is 12.2. The van der Waals surface area contributed by atoms with Crippen LogP contribution in [-0.2, 0) is 0 Å². The second-order valence-electron chi connectivity index (χ2n) is 4.89. The minimum absolute atomic E-state index is 1.03. The van der Waals surface area contributed by atoms with Gasteiger partial charge in [-0.15, -0.1) is 0 Å². The lowest BCUT2D eigenvalue weighted by Crippen LogP contribution is -2.30. The third kappa shape index (κ3) is 2.93. The predicted octanol–water partition coefficient (Wildman–Crippen LogP) is 3.36. The van der Waals surface area contributed by atoms with E-state index >= 15 is 0 Å². The molecule has 0 spiro atoms. The minimum atomic E-state index is 1.03. The Labute approximate surface area is 115 Å². The molecule has 0 fully saturated rings. The number of rotatable bonds is 2. The molecule has 1 aromatic carbocycles. The third-order valence-electron chi connectivity index (χ3n) is 3.32. The Kier molecular flexibility index (Phi) is 4.16. The molecular formula is C18H21N. The van der Waals surface area contributed by atoms with Crippen molar-refractivity contribution in [3.63, 3.8) is 0 Å². The van der Waals surface area contributed by atoms with Gasteiger partial charge in [-0.2, -0.15) is 0 Å². The number of hydrogen-bond donors (Lipinski definition) is 0. The Hall–Kier alpha value is -1.89. The molecule has 2 rings (SSSR count). The Morgan fingerprint density at radius 1 is 1.11 bits per heavy atom. The summed E-state index contributed by atoms with van der Waals surface area (Å²) in [4.78, 5) is 4.78. The first-order valence-electron chi connectivity index (χ1n) is 6.87. The quantitative estimate of drug-likeness (QED) is 0.797. The highest BCUT2D eigenvalue weighted by molar-refractivity contribution is 5.60. The number of nitrogens with zero attached hydrogens (tertiary/aromatic N) is 1. The Balaban J connectivity index is 2.65. The summed E-state index contributed by atoms with van der Waals surface area (Å²) in [7, 11) is 0. The molecule has 0 aliphatic heterocycles. The molecule has 0 atom stereocenters. The molecule has 1 heteroatoms. The maximum absolute atomic E-state index is 4.78. The molecule has 1 nitrogen and oxygen atoms in total. The van der Waals surface area contributed by atoms with Crippen LogP contribution in [0.4, 0.5) is 0 Å². The molecule has 0 bridgehead atoms. The second-order valence-corrected chi connectivity index (χ2v) is 4.89. The van der Waals surface area contributed by atoms with Gasteiger partial charge in [0.15, 0.2) is 0 Å². The van der Waals surface area contributed by atoms with Crippen molar-refractivity contribution in [3.8, 4) is 11.3 Å². The van der Waals surface area contributed by atoms with Crippen LogP contribution in [0.5, 0.6) is 0 Å². The van der Waals surface area contributed by atoms with Crippen molar-refractivity contribution in [1.29, 1.82) is 0 Å². The summed E-state index contributed by atoms with van der Waals surface area (Å²) in [5, 5.41) is 2.35. The fourth-order valence-electron chi connectivity index (χ4n) is 2.27. The van der Waals surface area contributed by atoms with E-state index in [2.05, 4.69) is 63.3 Å². The number of pyridine rings is 1. The lowest BCUT2D eigenvalue weighted by atomic mass is 10.1. The summed E-state index contributed by atoms with van der Waals surface area (Å²) < 4.78 is 0. The molecule has 0 saturated carbocycles. The van der Waals surface area contributed by atoms with Gasteiger partial charge in [-0.1, -0.05) is 48.9 Å². The lowest BCUT2D eigenvalue weighted by Gasteiger charge is -2.05. The number of hydrogen-bond acceptors (Lipinski definition) is 1. The number of benzene rings is 1. The summed E-state index contributed by atoms with van der Waals surface area (Å²) in [5.74, 6) is 0. The van der Waals surface area contributed by atoms with Crippen LogP contribution in [-0.4, -0.2) is 4.98 Å². The van der Waals surface area contributed by atoms with Gasteiger partial charge in [0.05, 0.1) is 11.0 Å². The normalized spacial score (nSPS) is 13.1. The van der Waals surface area contributed by atoms with Crippen molar-refractivity contribution >= 4 is 12.2 Å². The van der Waals surface area contributed by atoms with E-state index in [0.717, 1.165) is 17.5 Å². The van der Waals surface area contributed by atoms with Gasteiger partial charge in [-0.05, 0) is 44.0 Å². The molecular weight excluding hydrogens is 230 g/mol.